The maximum Gasteiger partial charge on any atom is 0.188 e. The van der Waals surface area contributed by atoms with E-state index in [1.54, 1.807) is 0 Å². The number of oxime groups is 1. The van der Waals surface area contributed by atoms with Crippen LogP contribution in [-0.4, -0.2) is 10.9 Å². The molecule has 2 rings (SSSR count). The maximum atomic E-state index is 8.72. The van der Waals surface area contributed by atoms with Gasteiger partial charge in [0, 0.05) is 21.0 Å². The maximum absolute atomic E-state index is 8.72. The third-order valence-electron chi connectivity index (χ3n) is 1.94. The van der Waals surface area contributed by atoms with E-state index in [0.29, 0.717) is 5.56 Å². The van der Waals surface area contributed by atoms with Gasteiger partial charge in [-0.3, -0.25) is 0 Å². The molecule has 1 N–H and O–H groups in total. The van der Waals surface area contributed by atoms with E-state index >= 15 is 0 Å². The molecule has 3 nitrogen and oxygen atoms in total. The van der Waals surface area contributed by atoms with Gasteiger partial charge in [-0.15, -0.1) is 11.3 Å². The van der Waals surface area contributed by atoms with Crippen LogP contribution in [0, 0.1) is 11.3 Å². The van der Waals surface area contributed by atoms with Crippen molar-refractivity contribution in [2.45, 2.75) is 0 Å². The fraction of sp³-hybridized carbons (Fsp3) is 0. The van der Waals surface area contributed by atoms with Gasteiger partial charge in [0.1, 0.15) is 6.07 Å². The normalized spacial score (nSPS) is 11.5. The van der Waals surface area contributed by atoms with Crippen molar-refractivity contribution in [3.63, 3.8) is 0 Å². The van der Waals surface area contributed by atoms with Crippen LogP contribution in [0.4, 0.5) is 0 Å². The van der Waals surface area contributed by atoms with Gasteiger partial charge in [-0.1, -0.05) is 23.4 Å². The minimum atomic E-state index is 0.0578. The average Bonchev–Trinajstić information content (AvgIpc) is 2.65. The summed E-state index contributed by atoms with van der Waals surface area (Å²) in [7, 11) is 0. The van der Waals surface area contributed by atoms with Crippen LogP contribution in [-0.2, 0) is 0 Å². The number of nitriles is 1. The molecular weight excluding hydrogens is 196 g/mol. The Bertz CT molecular complexity index is 536. The average molecular weight is 202 g/mol. The lowest BCUT2D eigenvalue weighted by Gasteiger charge is -1.92. The molecule has 2 aromatic rings. The molecule has 0 amide bonds. The lowest BCUT2D eigenvalue weighted by Crippen LogP contribution is -1.94. The number of fused-ring (bicyclic) bond motifs is 1. The zero-order chi connectivity index (χ0) is 9.97. The second-order valence-corrected chi connectivity index (χ2v) is 3.62. The first-order chi connectivity index (χ1) is 6.86. The van der Waals surface area contributed by atoms with Gasteiger partial charge >= 0.3 is 0 Å². The van der Waals surface area contributed by atoms with Crippen LogP contribution < -0.4 is 0 Å². The zero-order valence-corrected chi connectivity index (χ0v) is 7.95. The van der Waals surface area contributed by atoms with Crippen LogP contribution in [0.3, 0.4) is 0 Å². The number of hydrogen-bond donors (Lipinski definition) is 1. The van der Waals surface area contributed by atoms with Gasteiger partial charge < -0.3 is 5.21 Å². The molecule has 0 unspecified atom stereocenters. The largest absolute Gasteiger partial charge is 0.410 e. The first kappa shape index (κ1) is 8.73. The molecule has 68 valence electrons. The van der Waals surface area contributed by atoms with Crippen LogP contribution in [0.25, 0.3) is 10.1 Å². The third-order valence-corrected chi connectivity index (χ3v) is 2.91. The molecule has 0 bridgehead atoms. The van der Waals surface area contributed by atoms with E-state index in [0.717, 1.165) is 10.1 Å². The van der Waals surface area contributed by atoms with E-state index in [9.17, 15) is 0 Å². The molecule has 0 fully saturated rings. The molecule has 1 aromatic heterocycles. The molecule has 14 heavy (non-hydrogen) atoms. The molecule has 0 aliphatic heterocycles. The van der Waals surface area contributed by atoms with Gasteiger partial charge in [-0.05, 0) is 6.07 Å². The Hall–Kier alpha value is -1.86. The lowest BCUT2D eigenvalue weighted by molar-refractivity contribution is 0.320. The standard InChI is InChI=1S/C10H6N2OS/c11-5-9(12-13)8-6-14-10-4-2-1-3-7(8)10/h1-4,6,13H. The fourth-order valence-corrected chi connectivity index (χ4v) is 2.24. The van der Waals surface area contributed by atoms with Crippen LogP contribution >= 0.6 is 11.3 Å². The molecule has 0 aliphatic carbocycles. The lowest BCUT2D eigenvalue weighted by atomic mass is 10.1. The molecule has 0 spiro atoms. The second kappa shape index (κ2) is 3.48. The van der Waals surface area contributed by atoms with Crippen molar-refractivity contribution in [2.75, 3.05) is 0 Å². The summed E-state index contributed by atoms with van der Waals surface area (Å²) >= 11 is 1.53. The monoisotopic (exact) mass is 202 g/mol. The van der Waals surface area contributed by atoms with Gasteiger partial charge in [-0.25, -0.2) is 0 Å². The molecule has 0 saturated carbocycles. The highest BCUT2D eigenvalue weighted by atomic mass is 32.1. The smallest absolute Gasteiger partial charge is 0.188 e. The molecule has 0 aliphatic rings. The van der Waals surface area contributed by atoms with Crippen molar-refractivity contribution in [2.24, 2.45) is 5.16 Å². The van der Waals surface area contributed by atoms with Crippen molar-refractivity contribution < 1.29 is 5.21 Å². The van der Waals surface area contributed by atoms with Crippen molar-refractivity contribution in [3.05, 3.63) is 35.2 Å². The van der Waals surface area contributed by atoms with Crippen molar-refractivity contribution in [1.29, 1.82) is 5.26 Å². The second-order valence-electron chi connectivity index (χ2n) is 2.71. The molecule has 0 atom stereocenters. The summed E-state index contributed by atoms with van der Waals surface area (Å²) in [5, 5.41) is 23.1. The summed E-state index contributed by atoms with van der Waals surface area (Å²) in [4.78, 5) is 0. The number of hydrogen-bond acceptors (Lipinski definition) is 4. The molecule has 1 aromatic carbocycles. The van der Waals surface area contributed by atoms with E-state index in [1.165, 1.54) is 11.3 Å². The van der Waals surface area contributed by atoms with Crippen molar-refractivity contribution in [3.8, 4) is 6.07 Å². The van der Waals surface area contributed by atoms with Crippen LogP contribution in [0.5, 0.6) is 0 Å². The van der Waals surface area contributed by atoms with Gasteiger partial charge in [0.25, 0.3) is 0 Å². The van der Waals surface area contributed by atoms with E-state index in [4.69, 9.17) is 10.5 Å². The first-order valence-corrected chi connectivity index (χ1v) is 4.83. The Balaban J connectivity index is 2.71. The van der Waals surface area contributed by atoms with Gasteiger partial charge in [0.15, 0.2) is 5.71 Å². The minimum absolute atomic E-state index is 0.0578. The molecule has 1 heterocycles. The topological polar surface area (TPSA) is 56.4 Å². The van der Waals surface area contributed by atoms with Crippen molar-refractivity contribution >= 4 is 27.1 Å². The highest BCUT2D eigenvalue weighted by Gasteiger charge is 2.09. The quantitative estimate of drug-likeness (QED) is 0.439. The van der Waals surface area contributed by atoms with E-state index in [1.807, 2.05) is 35.7 Å². The van der Waals surface area contributed by atoms with Crippen molar-refractivity contribution in [1.82, 2.24) is 0 Å². The highest BCUT2D eigenvalue weighted by molar-refractivity contribution is 7.17. The van der Waals surface area contributed by atoms with Crippen LogP contribution in [0.2, 0.25) is 0 Å². The van der Waals surface area contributed by atoms with Gasteiger partial charge in [-0.2, -0.15) is 5.26 Å². The molecule has 0 radical (unpaired) electrons. The highest BCUT2D eigenvalue weighted by Crippen LogP contribution is 2.25. The third kappa shape index (κ3) is 1.24. The Kier molecular flexibility index (Phi) is 2.17. The summed E-state index contributed by atoms with van der Waals surface area (Å²) in [6.07, 6.45) is 0. The SMILES string of the molecule is N#CC(=NO)c1csc2ccccc12. The van der Waals surface area contributed by atoms with E-state index in [2.05, 4.69) is 5.16 Å². The predicted molar refractivity (Wildman–Crippen MR) is 55.8 cm³/mol. The van der Waals surface area contributed by atoms with Gasteiger partial charge in [0.05, 0.1) is 0 Å². The van der Waals surface area contributed by atoms with Crippen LogP contribution in [0.1, 0.15) is 5.56 Å². The summed E-state index contributed by atoms with van der Waals surface area (Å²) in [5.74, 6) is 0. The predicted octanol–water partition coefficient (Wildman–Crippen LogP) is 2.60. The molecule has 4 heteroatoms. The van der Waals surface area contributed by atoms with Crippen LogP contribution in [0.15, 0.2) is 34.8 Å². The molecule has 0 saturated heterocycles. The fourth-order valence-electron chi connectivity index (χ4n) is 1.30. The number of benzene rings is 1. The summed E-state index contributed by atoms with van der Waals surface area (Å²) < 4.78 is 1.08. The first-order valence-electron chi connectivity index (χ1n) is 3.95. The molecular formula is C10H6N2OS. The summed E-state index contributed by atoms with van der Waals surface area (Å²) in [6.45, 7) is 0. The van der Waals surface area contributed by atoms with E-state index in [-0.39, 0.29) is 5.71 Å². The van der Waals surface area contributed by atoms with E-state index < -0.39 is 0 Å². The zero-order valence-electron chi connectivity index (χ0n) is 7.14. The summed E-state index contributed by atoms with van der Waals surface area (Å²) in [5.41, 5.74) is 0.748. The minimum Gasteiger partial charge on any atom is -0.410 e. The number of thiophene rings is 1. The number of rotatable bonds is 1. The number of nitrogens with zero attached hydrogens (tertiary/aromatic N) is 2. The summed E-state index contributed by atoms with van der Waals surface area (Å²) in [6, 6.07) is 9.56. The Morgan fingerprint density at radius 2 is 2.21 bits per heavy atom. The Morgan fingerprint density at radius 3 is 2.93 bits per heavy atom. The van der Waals surface area contributed by atoms with Gasteiger partial charge in [0.2, 0.25) is 0 Å². The Labute approximate surface area is 84.5 Å². The Morgan fingerprint density at radius 1 is 1.43 bits per heavy atom.